The number of hydrogen-bond acceptors (Lipinski definition) is 8. The minimum Gasteiger partial charge on any atom is -0.506 e. The summed E-state index contributed by atoms with van der Waals surface area (Å²) < 4.78 is 20.6. The molecule has 4 bridgehead atoms. The average molecular weight is 647 g/mol. The Bertz CT molecular complexity index is 1720. The van der Waals surface area contributed by atoms with Gasteiger partial charge in [-0.1, -0.05) is 35.5 Å². The summed E-state index contributed by atoms with van der Waals surface area (Å²) in [4.78, 5) is 40.9. The molecular formula is C38H46O9. The SMILES string of the molecule is CC(C)=CCCC1(C)CC(O)c2c(O)c3c(c(CC=C(C)C)c2O1)OC12C(=CC4CC1C(C)(C)OC2(C/C=C(/C)C(=O)O)C4=O)C3=O. The van der Waals surface area contributed by atoms with Gasteiger partial charge in [-0.25, -0.2) is 4.79 Å². The number of carbonyl (C=O) groups is 3. The number of carboxylic acid groups (broad SMARTS) is 1. The number of benzene rings is 1. The summed E-state index contributed by atoms with van der Waals surface area (Å²) >= 11 is 0. The zero-order valence-corrected chi connectivity index (χ0v) is 28.6. The first kappa shape index (κ1) is 33.2. The Morgan fingerprint density at radius 2 is 1.68 bits per heavy atom. The predicted molar refractivity (Wildman–Crippen MR) is 175 cm³/mol. The number of aromatic hydroxyl groups is 1. The molecule has 1 spiro atoms. The van der Waals surface area contributed by atoms with Crippen molar-refractivity contribution in [3.63, 3.8) is 0 Å². The van der Waals surface area contributed by atoms with E-state index in [0.29, 0.717) is 18.4 Å². The standard InChI is InChI=1S/C38H46O9/c1-19(2)10-9-14-36(8)18-25(39)27-30(41)28-29(40)24-16-22-17-26-35(6,7)47-37(33(22)42,15-13-21(5)34(43)44)38(24,26)46-32(28)23(31(27)45-36)12-11-20(3)4/h10-11,13,16,22,25-26,39,41H,9,12,14-15,17-18H2,1-8H3,(H,43,44)/b21-13-. The van der Waals surface area contributed by atoms with Crippen molar-refractivity contribution < 1.29 is 43.9 Å². The van der Waals surface area contributed by atoms with E-state index < -0.39 is 52.1 Å². The van der Waals surface area contributed by atoms with Crippen LogP contribution in [0.15, 0.2) is 46.6 Å². The fourth-order valence-corrected chi connectivity index (χ4v) is 8.64. The molecule has 1 saturated heterocycles. The Balaban J connectivity index is 1.60. The lowest BCUT2D eigenvalue weighted by Crippen LogP contribution is -2.72. The maximum Gasteiger partial charge on any atom is 0.330 e. The molecule has 3 N–H and O–H groups in total. The maximum atomic E-state index is 14.8. The molecule has 6 aliphatic rings. The fraction of sp³-hybridized carbons (Fsp3) is 0.553. The van der Waals surface area contributed by atoms with E-state index in [-0.39, 0.29) is 64.6 Å². The summed E-state index contributed by atoms with van der Waals surface area (Å²) in [5, 5.41) is 33.0. The number of hydrogen-bond donors (Lipinski definition) is 3. The highest BCUT2D eigenvalue weighted by Gasteiger charge is 2.81. The first-order valence-electron chi connectivity index (χ1n) is 16.5. The van der Waals surface area contributed by atoms with Crippen LogP contribution in [0.1, 0.15) is 115 Å². The quantitative estimate of drug-likeness (QED) is 0.209. The Morgan fingerprint density at radius 1 is 1.00 bits per heavy atom. The zero-order valence-electron chi connectivity index (χ0n) is 28.6. The molecule has 47 heavy (non-hydrogen) atoms. The van der Waals surface area contributed by atoms with E-state index in [1.165, 1.54) is 18.6 Å². The molecule has 3 heterocycles. The molecule has 9 heteroatoms. The maximum absolute atomic E-state index is 14.8. The van der Waals surface area contributed by atoms with Crippen molar-refractivity contribution >= 4 is 17.5 Å². The third kappa shape index (κ3) is 4.75. The molecule has 0 amide bonds. The topological polar surface area (TPSA) is 140 Å². The van der Waals surface area contributed by atoms with Crippen LogP contribution in [0.3, 0.4) is 0 Å². The predicted octanol–water partition coefficient (Wildman–Crippen LogP) is 6.65. The van der Waals surface area contributed by atoms with E-state index in [9.17, 15) is 29.7 Å². The summed E-state index contributed by atoms with van der Waals surface area (Å²) in [5.74, 6) is -2.90. The van der Waals surface area contributed by atoms with Crippen LogP contribution in [0.5, 0.6) is 17.2 Å². The fourth-order valence-electron chi connectivity index (χ4n) is 8.64. The first-order chi connectivity index (χ1) is 21.9. The van der Waals surface area contributed by atoms with Gasteiger partial charge in [-0.05, 0) is 81.1 Å². The summed E-state index contributed by atoms with van der Waals surface area (Å²) in [6, 6.07) is 0. The Morgan fingerprint density at radius 3 is 2.32 bits per heavy atom. The zero-order chi connectivity index (χ0) is 34.4. The average Bonchev–Trinajstić information content (AvgIpc) is 3.11. The molecule has 3 aliphatic heterocycles. The molecule has 7 rings (SSSR count). The Hall–Kier alpha value is -3.69. The largest absolute Gasteiger partial charge is 0.506 e. The lowest BCUT2D eigenvalue weighted by molar-refractivity contribution is -0.171. The Kier molecular flexibility index (Phi) is 7.72. The van der Waals surface area contributed by atoms with Gasteiger partial charge in [0.05, 0.1) is 17.3 Å². The number of aliphatic carboxylic acids is 1. The second-order valence-corrected chi connectivity index (χ2v) is 15.3. The number of aliphatic hydroxyl groups excluding tert-OH is 1. The summed E-state index contributed by atoms with van der Waals surface area (Å²) in [7, 11) is 0. The van der Waals surface area contributed by atoms with Gasteiger partial charge in [0.15, 0.2) is 22.8 Å². The molecule has 2 fully saturated rings. The molecule has 3 aliphatic carbocycles. The van der Waals surface area contributed by atoms with Crippen LogP contribution in [0.2, 0.25) is 0 Å². The number of Topliss-reactive ketones (excluding diaryl/α,β-unsaturated/α-hetero) is 2. The molecule has 1 saturated carbocycles. The van der Waals surface area contributed by atoms with E-state index in [1.54, 1.807) is 6.08 Å². The molecule has 6 unspecified atom stereocenters. The monoisotopic (exact) mass is 646 g/mol. The smallest absolute Gasteiger partial charge is 0.330 e. The highest BCUT2D eigenvalue weighted by Crippen LogP contribution is 2.69. The summed E-state index contributed by atoms with van der Waals surface area (Å²) in [6.07, 6.45) is 8.28. The minimum absolute atomic E-state index is 0.0497. The van der Waals surface area contributed by atoms with Crippen LogP contribution in [-0.2, 0) is 20.7 Å². The van der Waals surface area contributed by atoms with Crippen molar-refractivity contribution in [2.75, 3.05) is 0 Å². The van der Waals surface area contributed by atoms with Crippen molar-refractivity contribution in [2.24, 2.45) is 11.8 Å². The summed E-state index contributed by atoms with van der Waals surface area (Å²) in [6.45, 7) is 15.1. The van der Waals surface area contributed by atoms with Crippen LogP contribution in [0, 0.1) is 11.8 Å². The van der Waals surface area contributed by atoms with Gasteiger partial charge in [0.1, 0.15) is 28.4 Å². The minimum atomic E-state index is -1.67. The van der Waals surface area contributed by atoms with Gasteiger partial charge in [0, 0.05) is 41.4 Å². The van der Waals surface area contributed by atoms with Gasteiger partial charge in [-0.3, -0.25) is 9.59 Å². The molecule has 6 atom stereocenters. The van der Waals surface area contributed by atoms with E-state index in [1.807, 2.05) is 54.5 Å². The molecule has 0 radical (unpaired) electrons. The second kappa shape index (κ2) is 10.9. The van der Waals surface area contributed by atoms with Crippen molar-refractivity contribution in [1.29, 1.82) is 0 Å². The van der Waals surface area contributed by atoms with Crippen molar-refractivity contribution in [3.05, 3.63) is 63.3 Å². The third-order valence-corrected chi connectivity index (χ3v) is 10.9. The van der Waals surface area contributed by atoms with Crippen molar-refractivity contribution in [3.8, 4) is 17.2 Å². The lowest BCUT2D eigenvalue weighted by Gasteiger charge is -2.56. The van der Waals surface area contributed by atoms with Crippen LogP contribution >= 0.6 is 0 Å². The number of aliphatic hydroxyl groups is 1. The highest BCUT2D eigenvalue weighted by molar-refractivity contribution is 6.18. The van der Waals surface area contributed by atoms with Crippen LogP contribution in [0.25, 0.3) is 0 Å². The number of phenolic OH excluding ortho intramolecular Hbond substituents is 1. The lowest BCUT2D eigenvalue weighted by atomic mass is 9.51. The molecule has 9 nitrogen and oxygen atoms in total. The highest BCUT2D eigenvalue weighted by atomic mass is 16.6. The number of rotatable bonds is 8. The van der Waals surface area contributed by atoms with E-state index in [4.69, 9.17) is 14.2 Å². The molecular weight excluding hydrogens is 600 g/mol. The van der Waals surface area contributed by atoms with Gasteiger partial charge >= 0.3 is 5.97 Å². The summed E-state index contributed by atoms with van der Waals surface area (Å²) in [5.41, 5.74) is -1.83. The van der Waals surface area contributed by atoms with Crippen molar-refractivity contribution in [1.82, 2.24) is 0 Å². The number of carbonyl (C=O) groups excluding carboxylic acids is 2. The van der Waals surface area contributed by atoms with E-state index >= 15 is 0 Å². The first-order valence-corrected chi connectivity index (χ1v) is 16.5. The van der Waals surface area contributed by atoms with Gasteiger partial charge in [0.2, 0.25) is 0 Å². The number of fused-ring (bicyclic) bond motifs is 2. The molecule has 0 aromatic heterocycles. The number of ketones is 2. The molecule has 1 aromatic rings. The molecule has 252 valence electrons. The van der Waals surface area contributed by atoms with Gasteiger partial charge in [0.25, 0.3) is 0 Å². The van der Waals surface area contributed by atoms with Crippen molar-refractivity contribution in [2.45, 2.75) is 122 Å². The van der Waals surface area contributed by atoms with Gasteiger partial charge in [-0.2, -0.15) is 0 Å². The van der Waals surface area contributed by atoms with Crippen LogP contribution < -0.4 is 9.47 Å². The van der Waals surface area contributed by atoms with Crippen LogP contribution in [0.4, 0.5) is 0 Å². The van der Waals surface area contributed by atoms with E-state index in [2.05, 4.69) is 6.08 Å². The number of carboxylic acids is 1. The number of allylic oxidation sites excluding steroid dienone is 5. The molecule has 1 aromatic carbocycles. The van der Waals surface area contributed by atoms with Gasteiger partial charge < -0.3 is 29.5 Å². The normalized spacial score (nSPS) is 32.7. The number of ether oxygens (including phenoxy) is 3. The van der Waals surface area contributed by atoms with Gasteiger partial charge in [-0.15, -0.1) is 0 Å². The number of phenols is 1. The Labute approximate surface area is 276 Å². The second-order valence-electron chi connectivity index (χ2n) is 15.3. The van der Waals surface area contributed by atoms with E-state index in [0.717, 1.165) is 12.0 Å². The van der Waals surface area contributed by atoms with Crippen LogP contribution in [-0.4, -0.2) is 55.3 Å². The third-order valence-electron chi connectivity index (χ3n) is 10.9.